The second kappa shape index (κ2) is 3.16. The summed E-state index contributed by atoms with van der Waals surface area (Å²) in [6.07, 6.45) is 3.63. The molecule has 72 valence electrons. The van der Waals surface area contributed by atoms with E-state index in [9.17, 15) is 5.11 Å². The van der Waals surface area contributed by atoms with Gasteiger partial charge in [-0.2, -0.15) is 0 Å². The standard InChI is InChI=1S/C10H16N2O/c1-12-6-2-3-9(12)7-10(13)4-5-11-8-10/h2-3,6,11,13H,4-5,7-8H2,1H3. The molecular formula is C10H16N2O. The minimum Gasteiger partial charge on any atom is -0.388 e. The van der Waals surface area contributed by atoms with Crippen LogP contribution in [0.3, 0.4) is 0 Å². The van der Waals surface area contributed by atoms with Crippen molar-refractivity contribution < 1.29 is 5.11 Å². The van der Waals surface area contributed by atoms with Crippen molar-refractivity contribution in [3.63, 3.8) is 0 Å². The highest BCUT2D eigenvalue weighted by Crippen LogP contribution is 2.20. The fourth-order valence-electron chi connectivity index (χ4n) is 1.90. The third-order valence-electron chi connectivity index (χ3n) is 2.78. The van der Waals surface area contributed by atoms with E-state index in [0.29, 0.717) is 0 Å². The number of β-amino-alcohol motifs (C(OH)–C–C–N with tert-alkyl or cyclic N) is 1. The zero-order valence-corrected chi connectivity index (χ0v) is 7.95. The van der Waals surface area contributed by atoms with Crippen LogP contribution < -0.4 is 5.32 Å². The van der Waals surface area contributed by atoms with Crippen LogP contribution >= 0.6 is 0 Å². The van der Waals surface area contributed by atoms with Gasteiger partial charge in [0.1, 0.15) is 0 Å². The molecule has 13 heavy (non-hydrogen) atoms. The monoisotopic (exact) mass is 180 g/mol. The molecule has 2 heterocycles. The van der Waals surface area contributed by atoms with Gasteiger partial charge in [-0.3, -0.25) is 0 Å². The lowest BCUT2D eigenvalue weighted by Gasteiger charge is -2.21. The first kappa shape index (κ1) is 8.78. The Hall–Kier alpha value is -0.800. The van der Waals surface area contributed by atoms with Crippen molar-refractivity contribution in [3.05, 3.63) is 24.0 Å². The third kappa shape index (κ3) is 1.76. The molecule has 1 aliphatic heterocycles. The summed E-state index contributed by atoms with van der Waals surface area (Å²) in [6, 6.07) is 4.08. The Kier molecular flexibility index (Phi) is 2.14. The highest BCUT2D eigenvalue weighted by molar-refractivity contribution is 5.11. The van der Waals surface area contributed by atoms with E-state index in [2.05, 4.69) is 16.0 Å². The fraction of sp³-hybridized carbons (Fsp3) is 0.600. The van der Waals surface area contributed by atoms with Gasteiger partial charge in [0, 0.05) is 31.9 Å². The van der Waals surface area contributed by atoms with Crippen molar-refractivity contribution in [2.75, 3.05) is 13.1 Å². The molecule has 1 atom stereocenters. The number of nitrogens with zero attached hydrogens (tertiary/aromatic N) is 1. The topological polar surface area (TPSA) is 37.2 Å². The molecule has 0 amide bonds. The minimum atomic E-state index is -0.522. The maximum absolute atomic E-state index is 10.1. The summed E-state index contributed by atoms with van der Waals surface area (Å²) in [4.78, 5) is 0. The maximum atomic E-state index is 10.1. The zero-order chi connectivity index (χ0) is 9.31. The smallest absolute Gasteiger partial charge is 0.0838 e. The van der Waals surface area contributed by atoms with E-state index in [-0.39, 0.29) is 0 Å². The van der Waals surface area contributed by atoms with Crippen LogP contribution in [0.1, 0.15) is 12.1 Å². The van der Waals surface area contributed by atoms with Crippen molar-refractivity contribution in [1.82, 2.24) is 9.88 Å². The van der Waals surface area contributed by atoms with Crippen LogP contribution in [-0.2, 0) is 13.5 Å². The molecular weight excluding hydrogens is 164 g/mol. The van der Waals surface area contributed by atoms with Crippen LogP contribution in [0.15, 0.2) is 18.3 Å². The number of rotatable bonds is 2. The Morgan fingerprint density at radius 2 is 2.54 bits per heavy atom. The van der Waals surface area contributed by atoms with Crippen LogP contribution in [-0.4, -0.2) is 28.4 Å². The number of nitrogens with one attached hydrogen (secondary N) is 1. The van der Waals surface area contributed by atoms with E-state index >= 15 is 0 Å². The summed E-state index contributed by atoms with van der Waals surface area (Å²) in [6.45, 7) is 1.65. The van der Waals surface area contributed by atoms with Crippen LogP contribution in [0.2, 0.25) is 0 Å². The lowest BCUT2D eigenvalue weighted by Crippen LogP contribution is -2.34. The lowest BCUT2D eigenvalue weighted by atomic mass is 9.97. The van der Waals surface area contributed by atoms with Crippen molar-refractivity contribution in [2.45, 2.75) is 18.4 Å². The molecule has 1 fully saturated rings. The van der Waals surface area contributed by atoms with E-state index in [4.69, 9.17) is 0 Å². The molecule has 0 radical (unpaired) electrons. The average Bonchev–Trinajstić information content (AvgIpc) is 2.64. The largest absolute Gasteiger partial charge is 0.388 e. The molecule has 0 aromatic carbocycles. The molecule has 1 saturated heterocycles. The molecule has 2 rings (SSSR count). The van der Waals surface area contributed by atoms with Gasteiger partial charge in [-0.05, 0) is 25.1 Å². The van der Waals surface area contributed by atoms with Gasteiger partial charge in [0.05, 0.1) is 5.60 Å². The lowest BCUT2D eigenvalue weighted by molar-refractivity contribution is 0.0602. The van der Waals surface area contributed by atoms with Crippen molar-refractivity contribution in [1.29, 1.82) is 0 Å². The number of aromatic nitrogens is 1. The first-order chi connectivity index (χ1) is 6.20. The molecule has 0 saturated carbocycles. The Bertz CT molecular complexity index is 287. The normalized spacial score (nSPS) is 28.2. The first-order valence-electron chi connectivity index (χ1n) is 4.73. The van der Waals surface area contributed by atoms with Crippen LogP contribution in [0.4, 0.5) is 0 Å². The first-order valence-corrected chi connectivity index (χ1v) is 4.73. The quantitative estimate of drug-likeness (QED) is 0.686. The van der Waals surface area contributed by atoms with Gasteiger partial charge in [-0.1, -0.05) is 0 Å². The average molecular weight is 180 g/mol. The Morgan fingerprint density at radius 3 is 3.08 bits per heavy atom. The molecule has 0 bridgehead atoms. The van der Waals surface area contributed by atoms with Crippen LogP contribution in [0, 0.1) is 0 Å². The second-order valence-corrected chi connectivity index (χ2v) is 3.94. The van der Waals surface area contributed by atoms with Gasteiger partial charge in [0.15, 0.2) is 0 Å². The van der Waals surface area contributed by atoms with Gasteiger partial charge < -0.3 is 15.0 Å². The number of aryl methyl sites for hydroxylation is 1. The van der Waals surface area contributed by atoms with E-state index < -0.39 is 5.60 Å². The Morgan fingerprint density at radius 1 is 1.69 bits per heavy atom. The molecule has 1 unspecified atom stereocenters. The number of aliphatic hydroxyl groups is 1. The van der Waals surface area contributed by atoms with Gasteiger partial charge in [0.25, 0.3) is 0 Å². The van der Waals surface area contributed by atoms with Gasteiger partial charge in [-0.15, -0.1) is 0 Å². The van der Waals surface area contributed by atoms with Gasteiger partial charge in [-0.25, -0.2) is 0 Å². The maximum Gasteiger partial charge on any atom is 0.0838 e. The summed E-state index contributed by atoms with van der Waals surface area (Å²) in [5.41, 5.74) is 0.678. The van der Waals surface area contributed by atoms with Crippen LogP contribution in [0.5, 0.6) is 0 Å². The predicted molar refractivity (Wildman–Crippen MR) is 51.6 cm³/mol. The van der Waals surface area contributed by atoms with E-state index in [1.165, 1.54) is 5.69 Å². The van der Waals surface area contributed by atoms with E-state index in [1.54, 1.807) is 0 Å². The molecule has 1 aromatic rings. The highest BCUT2D eigenvalue weighted by atomic mass is 16.3. The summed E-state index contributed by atoms with van der Waals surface area (Å²) in [7, 11) is 2.01. The third-order valence-corrected chi connectivity index (χ3v) is 2.78. The Labute approximate surface area is 78.4 Å². The summed E-state index contributed by atoms with van der Waals surface area (Å²) in [5.74, 6) is 0. The number of hydrogen-bond donors (Lipinski definition) is 2. The van der Waals surface area contributed by atoms with E-state index in [0.717, 1.165) is 25.9 Å². The zero-order valence-electron chi connectivity index (χ0n) is 7.95. The summed E-state index contributed by atoms with van der Waals surface area (Å²) >= 11 is 0. The van der Waals surface area contributed by atoms with Crippen molar-refractivity contribution in [2.24, 2.45) is 7.05 Å². The fourth-order valence-corrected chi connectivity index (χ4v) is 1.90. The second-order valence-electron chi connectivity index (χ2n) is 3.94. The van der Waals surface area contributed by atoms with Gasteiger partial charge in [0.2, 0.25) is 0 Å². The molecule has 1 aromatic heterocycles. The molecule has 2 N–H and O–H groups in total. The predicted octanol–water partition coefficient (Wildman–Crippen LogP) is 0.292. The molecule has 0 aliphatic carbocycles. The molecule has 0 spiro atoms. The van der Waals surface area contributed by atoms with Crippen molar-refractivity contribution in [3.8, 4) is 0 Å². The molecule has 3 heteroatoms. The summed E-state index contributed by atoms with van der Waals surface area (Å²) in [5, 5.41) is 13.3. The van der Waals surface area contributed by atoms with Crippen molar-refractivity contribution >= 4 is 0 Å². The van der Waals surface area contributed by atoms with E-state index in [1.807, 2.05) is 19.3 Å². The highest BCUT2D eigenvalue weighted by Gasteiger charge is 2.31. The Balaban J connectivity index is 2.09. The molecule has 3 nitrogen and oxygen atoms in total. The summed E-state index contributed by atoms with van der Waals surface area (Å²) < 4.78 is 2.07. The number of hydrogen-bond acceptors (Lipinski definition) is 2. The van der Waals surface area contributed by atoms with Gasteiger partial charge >= 0.3 is 0 Å². The molecule has 1 aliphatic rings. The SMILES string of the molecule is Cn1cccc1CC1(O)CCNC1. The van der Waals surface area contributed by atoms with Crippen LogP contribution in [0.25, 0.3) is 0 Å². The minimum absolute atomic E-state index is 0.522.